The third kappa shape index (κ3) is 3.60. The minimum absolute atomic E-state index is 0.677. The van der Waals surface area contributed by atoms with E-state index in [0.717, 1.165) is 59.7 Å². The molecule has 0 spiro atoms. The highest BCUT2D eigenvalue weighted by Gasteiger charge is 2.40. The Hall–Kier alpha value is -3.95. The molecule has 178 valence electrons. The second-order valence-electron chi connectivity index (χ2n) is 9.02. The first kappa shape index (κ1) is 21.6. The van der Waals surface area contributed by atoms with Gasteiger partial charge in [0.15, 0.2) is 0 Å². The maximum atomic E-state index is 7.28. The lowest BCUT2D eigenvalue weighted by atomic mass is 9.87. The summed E-state index contributed by atoms with van der Waals surface area (Å²) in [5, 5.41) is 11.7. The molecule has 3 heterocycles. The zero-order chi connectivity index (χ0) is 24.0. The third-order valence-corrected chi connectivity index (χ3v) is 6.91. The van der Waals surface area contributed by atoms with Crippen LogP contribution in [-0.2, 0) is 12.7 Å². The summed E-state index contributed by atoms with van der Waals surface area (Å²) >= 11 is 0. The molecule has 2 aliphatic rings. The quantitative estimate of drug-likeness (QED) is 0.475. The lowest BCUT2D eigenvalue weighted by Crippen LogP contribution is -2.53. The topological polar surface area (TPSA) is 96.8 Å². The Bertz CT molecular complexity index is 1420. The molecule has 6 rings (SSSR count). The van der Waals surface area contributed by atoms with E-state index in [1.165, 1.54) is 0 Å². The van der Waals surface area contributed by atoms with Gasteiger partial charge in [0.2, 0.25) is 0 Å². The lowest BCUT2D eigenvalue weighted by Gasteiger charge is -2.42. The summed E-state index contributed by atoms with van der Waals surface area (Å²) in [5.74, 6) is 1.36. The van der Waals surface area contributed by atoms with Gasteiger partial charge in [0.25, 0.3) is 0 Å². The van der Waals surface area contributed by atoms with E-state index in [9.17, 15) is 0 Å². The van der Waals surface area contributed by atoms with Crippen LogP contribution in [0.3, 0.4) is 0 Å². The van der Waals surface area contributed by atoms with Gasteiger partial charge in [-0.25, -0.2) is 9.67 Å². The van der Waals surface area contributed by atoms with Crippen LogP contribution in [0.4, 0.5) is 11.4 Å². The van der Waals surface area contributed by atoms with Crippen LogP contribution in [0, 0.1) is 0 Å². The molecular formula is C26H28N8O. The van der Waals surface area contributed by atoms with Crippen LogP contribution in [0.1, 0.15) is 11.1 Å². The molecule has 0 radical (unpaired) electrons. The first-order valence-electron chi connectivity index (χ1n) is 11.8. The molecule has 0 aliphatic carbocycles. The van der Waals surface area contributed by atoms with E-state index in [4.69, 9.17) is 10.5 Å². The normalized spacial score (nSPS) is 19.7. The fourth-order valence-electron chi connectivity index (χ4n) is 4.91. The summed E-state index contributed by atoms with van der Waals surface area (Å²) < 4.78 is 8.15. The molecule has 4 aromatic rings. The van der Waals surface area contributed by atoms with Crippen LogP contribution in [0.15, 0.2) is 65.7 Å². The van der Waals surface area contributed by atoms with Crippen molar-refractivity contribution in [3.63, 3.8) is 0 Å². The van der Waals surface area contributed by atoms with Gasteiger partial charge < -0.3 is 25.6 Å². The summed E-state index contributed by atoms with van der Waals surface area (Å²) in [6.45, 7) is 3.85. The number of aryl methyl sites for hydroxylation is 1. The number of aromatic nitrogens is 3. The molecule has 0 amide bonds. The lowest BCUT2D eigenvalue weighted by molar-refractivity contribution is 0.266. The number of para-hydroxylation sites is 1. The minimum Gasteiger partial charge on any atom is -0.457 e. The maximum Gasteiger partial charge on any atom is 0.147 e. The van der Waals surface area contributed by atoms with Gasteiger partial charge in [-0.1, -0.05) is 23.4 Å². The molecule has 1 saturated heterocycles. The van der Waals surface area contributed by atoms with Gasteiger partial charge in [-0.05, 0) is 36.4 Å². The van der Waals surface area contributed by atoms with Crippen molar-refractivity contribution < 1.29 is 4.74 Å². The van der Waals surface area contributed by atoms with E-state index in [0.29, 0.717) is 11.5 Å². The molecule has 3 N–H and O–H groups in total. The van der Waals surface area contributed by atoms with Crippen LogP contribution in [0.2, 0.25) is 0 Å². The zero-order valence-corrected chi connectivity index (χ0v) is 19.8. The molecule has 9 nitrogen and oxygen atoms in total. The molecule has 9 heteroatoms. The Labute approximate surface area is 203 Å². The number of hydrogen-bond acceptors (Lipinski definition) is 8. The smallest absolute Gasteiger partial charge is 0.147 e. The van der Waals surface area contributed by atoms with Crippen molar-refractivity contribution in [2.24, 2.45) is 17.8 Å². The number of nitrogens with zero attached hydrogens (tertiary/aromatic N) is 6. The minimum atomic E-state index is -0.964. The Kier molecular flexibility index (Phi) is 5.16. The number of ether oxygens (including phenoxy) is 1. The Morgan fingerprint density at radius 3 is 2.66 bits per heavy atom. The SMILES string of the molecule is CN1C=Nc2ccc(N3CCNCC3)cc2C1(N)c1ccccc1Oc1ccc2c(c1)nnn2C. The summed E-state index contributed by atoms with van der Waals surface area (Å²) in [5.41, 5.74) is 11.8. The maximum absolute atomic E-state index is 7.28. The van der Waals surface area contributed by atoms with Crippen LogP contribution in [0.5, 0.6) is 11.5 Å². The van der Waals surface area contributed by atoms with Crippen LogP contribution in [0.25, 0.3) is 11.0 Å². The van der Waals surface area contributed by atoms with Crippen molar-refractivity contribution in [3.8, 4) is 11.5 Å². The highest BCUT2D eigenvalue weighted by Crippen LogP contribution is 2.44. The molecule has 35 heavy (non-hydrogen) atoms. The summed E-state index contributed by atoms with van der Waals surface area (Å²) in [4.78, 5) is 9.00. The standard InChI is InChI=1S/C26H28N8O/c1-32-17-29-22-9-7-18(34-13-11-28-12-14-34)15-21(22)26(32,27)20-5-3-4-6-25(20)35-19-8-10-24-23(16-19)30-31-33(24)2/h3-10,15-17,28H,11-14,27H2,1-2H3. The van der Waals surface area contributed by atoms with E-state index >= 15 is 0 Å². The number of nitrogens with one attached hydrogen (secondary N) is 1. The summed E-state index contributed by atoms with van der Waals surface area (Å²) in [7, 11) is 3.82. The molecule has 1 aromatic heterocycles. The Morgan fingerprint density at radius 1 is 0.971 bits per heavy atom. The van der Waals surface area contributed by atoms with Crippen molar-refractivity contribution in [2.75, 3.05) is 38.1 Å². The van der Waals surface area contributed by atoms with Crippen molar-refractivity contribution in [3.05, 3.63) is 71.8 Å². The van der Waals surface area contributed by atoms with Gasteiger partial charge >= 0.3 is 0 Å². The van der Waals surface area contributed by atoms with Gasteiger partial charge in [0.05, 0.1) is 17.5 Å². The number of hydrogen-bond donors (Lipinski definition) is 2. The van der Waals surface area contributed by atoms with E-state index in [2.05, 4.69) is 43.7 Å². The van der Waals surface area contributed by atoms with Crippen molar-refractivity contribution in [1.82, 2.24) is 25.2 Å². The average Bonchev–Trinajstić information content (AvgIpc) is 3.27. The number of nitrogens with two attached hydrogens (primary N) is 1. The zero-order valence-electron chi connectivity index (χ0n) is 19.8. The predicted octanol–water partition coefficient (Wildman–Crippen LogP) is 2.94. The third-order valence-electron chi connectivity index (χ3n) is 6.91. The molecule has 1 fully saturated rings. The number of rotatable bonds is 4. The number of piperazine rings is 1. The second-order valence-corrected chi connectivity index (χ2v) is 9.02. The van der Waals surface area contributed by atoms with Crippen molar-refractivity contribution >= 4 is 28.7 Å². The van der Waals surface area contributed by atoms with E-state index in [1.54, 1.807) is 11.0 Å². The van der Waals surface area contributed by atoms with Crippen molar-refractivity contribution in [2.45, 2.75) is 5.66 Å². The average molecular weight is 469 g/mol. The first-order valence-corrected chi connectivity index (χ1v) is 11.8. The van der Waals surface area contributed by atoms with Crippen molar-refractivity contribution in [1.29, 1.82) is 0 Å². The van der Waals surface area contributed by atoms with Gasteiger partial charge in [-0.2, -0.15) is 0 Å². The summed E-state index contributed by atoms with van der Waals surface area (Å²) in [6, 6.07) is 20.1. The van der Waals surface area contributed by atoms with E-state index in [-0.39, 0.29) is 0 Å². The predicted molar refractivity (Wildman–Crippen MR) is 137 cm³/mol. The molecule has 0 bridgehead atoms. The fraction of sp³-hybridized carbons (Fsp3) is 0.269. The van der Waals surface area contributed by atoms with Crippen LogP contribution >= 0.6 is 0 Å². The van der Waals surface area contributed by atoms with Crippen LogP contribution in [-0.4, -0.2) is 59.5 Å². The van der Waals surface area contributed by atoms with E-state index in [1.807, 2.05) is 61.5 Å². The van der Waals surface area contributed by atoms with Gasteiger partial charge in [0, 0.05) is 63.2 Å². The van der Waals surface area contributed by atoms with Gasteiger partial charge in [-0.15, -0.1) is 5.10 Å². The molecular weight excluding hydrogens is 440 g/mol. The fourth-order valence-corrected chi connectivity index (χ4v) is 4.91. The highest BCUT2D eigenvalue weighted by atomic mass is 16.5. The number of anilines is 1. The largest absolute Gasteiger partial charge is 0.457 e. The first-order chi connectivity index (χ1) is 17.0. The van der Waals surface area contributed by atoms with Crippen LogP contribution < -0.4 is 20.7 Å². The molecule has 3 aromatic carbocycles. The number of aliphatic imine (C=N–C) groups is 1. The Balaban J connectivity index is 1.43. The highest BCUT2D eigenvalue weighted by molar-refractivity contribution is 5.77. The molecule has 1 unspecified atom stereocenters. The monoisotopic (exact) mass is 468 g/mol. The molecule has 0 saturated carbocycles. The second kappa shape index (κ2) is 8.37. The molecule has 2 aliphatic heterocycles. The Morgan fingerprint density at radius 2 is 1.80 bits per heavy atom. The van der Waals surface area contributed by atoms with E-state index < -0.39 is 5.66 Å². The number of benzene rings is 3. The molecule has 1 atom stereocenters. The summed E-state index contributed by atoms with van der Waals surface area (Å²) in [6.07, 6.45) is 1.79. The van der Waals surface area contributed by atoms with Gasteiger partial charge in [0.1, 0.15) is 22.7 Å². The number of fused-ring (bicyclic) bond motifs is 2. The van der Waals surface area contributed by atoms with Gasteiger partial charge in [-0.3, -0.25) is 0 Å².